The summed E-state index contributed by atoms with van der Waals surface area (Å²) in [6, 6.07) is 5.87. The van der Waals surface area contributed by atoms with Crippen molar-refractivity contribution >= 4 is 23.2 Å². The lowest BCUT2D eigenvalue weighted by atomic mass is 9.99. The van der Waals surface area contributed by atoms with Crippen molar-refractivity contribution in [2.24, 2.45) is 0 Å². The number of halogens is 4. The summed E-state index contributed by atoms with van der Waals surface area (Å²) in [5, 5.41) is 27.0. The van der Waals surface area contributed by atoms with Crippen molar-refractivity contribution in [1.29, 1.82) is 0 Å². The Kier molecular flexibility index (Phi) is 5.29. The number of hydrogen-bond donors (Lipinski definition) is 4. The largest absolute Gasteiger partial charge is 0.573 e. The molecule has 3 aromatic rings. The van der Waals surface area contributed by atoms with Gasteiger partial charge in [-0.15, -0.1) is 13.2 Å². The van der Waals surface area contributed by atoms with Gasteiger partial charge in [0.15, 0.2) is 5.75 Å². The summed E-state index contributed by atoms with van der Waals surface area (Å²) in [7, 11) is 0. The maximum Gasteiger partial charge on any atom is 0.573 e. The Balaban J connectivity index is 1.63. The minimum absolute atomic E-state index is 0.0114. The molecule has 1 aliphatic heterocycles. The molecule has 8 nitrogen and oxygen atoms in total. The third-order valence-electron chi connectivity index (χ3n) is 5.03. The number of fused-ring (bicyclic) bond motifs is 1. The van der Waals surface area contributed by atoms with Gasteiger partial charge in [-0.1, -0.05) is 11.6 Å². The zero-order chi connectivity index (χ0) is 23.2. The van der Waals surface area contributed by atoms with Crippen LogP contribution in [0.25, 0.3) is 11.3 Å². The van der Waals surface area contributed by atoms with Crippen LogP contribution in [0.4, 0.5) is 18.9 Å². The average molecular weight is 469 g/mol. The zero-order valence-corrected chi connectivity index (χ0v) is 17.0. The van der Waals surface area contributed by atoms with Gasteiger partial charge < -0.3 is 25.6 Å². The summed E-state index contributed by atoms with van der Waals surface area (Å²) in [6.07, 6.45) is -4.55. The van der Waals surface area contributed by atoms with Crippen LogP contribution >= 0.6 is 11.6 Å². The first-order valence-corrected chi connectivity index (χ1v) is 9.64. The number of aromatic nitrogens is 2. The number of nitrogen functional groups attached to an aromatic ring is 1. The number of rotatable bonds is 3. The molecule has 4 rings (SSSR count). The summed E-state index contributed by atoms with van der Waals surface area (Å²) in [6.45, 7) is 0.368. The third-order valence-corrected chi connectivity index (χ3v) is 5.33. The monoisotopic (exact) mass is 468 g/mol. The molecule has 0 radical (unpaired) electrons. The van der Waals surface area contributed by atoms with Gasteiger partial charge in [-0.3, -0.25) is 9.89 Å². The molecule has 0 saturated carbocycles. The highest BCUT2D eigenvalue weighted by atomic mass is 35.5. The van der Waals surface area contributed by atoms with E-state index in [0.29, 0.717) is 17.7 Å². The second-order valence-corrected chi connectivity index (χ2v) is 7.53. The van der Waals surface area contributed by atoms with Gasteiger partial charge in [-0.05, 0) is 24.3 Å². The van der Waals surface area contributed by atoms with Crippen LogP contribution in [0.5, 0.6) is 17.2 Å². The van der Waals surface area contributed by atoms with Crippen molar-refractivity contribution in [2.75, 3.05) is 12.3 Å². The molecule has 1 amide bonds. The quantitative estimate of drug-likeness (QED) is 0.433. The number of hydrogen-bond acceptors (Lipinski definition) is 6. The van der Waals surface area contributed by atoms with Gasteiger partial charge in [0.25, 0.3) is 5.91 Å². The van der Waals surface area contributed by atoms with E-state index in [1.54, 1.807) is 0 Å². The minimum Gasteiger partial charge on any atom is -0.507 e. The Hall–Kier alpha value is -3.60. The van der Waals surface area contributed by atoms with Crippen molar-refractivity contribution in [3.05, 3.63) is 52.2 Å². The first kappa shape index (κ1) is 21.6. The fourth-order valence-corrected chi connectivity index (χ4v) is 3.66. The number of nitrogens with one attached hydrogen (secondary N) is 1. The molecule has 0 bridgehead atoms. The van der Waals surface area contributed by atoms with Gasteiger partial charge in [0.1, 0.15) is 17.2 Å². The average Bonchev–Trinajstić information content (AvgIpc) is 3.14. The lowest BCUT2D eigenvalue weighted by Gasteiger charge is -2.27. The highest BCUT2D eigenvalue weighted by Gasteiger charge is 2.33. The van der Waals surface area contributed by atoms with Gasteiger partial charge in [0, 0.05) is 48.0 Å². The molecule has 0 saturated heterocycles. The molecule has 2 heterocycles. The fourth-order valence-electron chi connectivity index (χ4n) is 3.49. The predicted molar refractivity (Wildman–Crippen MR) is 108 cm³/mol. The minimum atomic E-state index is -4.95. The second kappa shape index (κ2) is 7.83. The zero-order valence-electron chi connectivity index (χ0n) is 16.2. The fraction of sp³-hybridized carbons (Fsp3) is 0.200. The molecule has 0 unspecified atom stereocenters. The second-order valence-electron chi connectivity index (χ2n) is 7.13. The number of phenols is 2. The normalized spacial score (nSPS) is 13.7. The van der Waals surface area contributed by atoms with E-state index in [1.165, 1.54) is 23.1 Å². The number of anilines is 1. The first-order valence-electron chi connectivity index (χ1n) is 9.26. The number of nitrogens with zero attached hydrogens (tertiary/aromatic N) is 2. The SMILES string of the molecule is Nc1ccc(C(=O)N2CCc3[nH]nc(-c4cc(Cl)c(O)cc4O)c3C2)cc1OC(F)(F)F. The maximum absolute atomic E-state index is 13.0. The number of aromatic amines is 1. The van der Waals surface area contributed by atoms with Gasteiger partial charge in [-0.2, -0.15) is 5.10 Å². The van der Waals surface area contributed by atoms with E-state index in [2.05, 4.69) is 14.9 Å². The Morgan fingerprint density at radius 2 is 1.97 bits per heavy atom. The Morgan fingerprint density at radius 3 is 2.69 bits per heavy atom. The number of phenolic OH excluding ortho intramolecular Hbond substituents is 2. The van der Waals surface area contributed by atoms with Crippen LogP contribution in [0.3, 0.4) is 0 Å². The number of benzene rings is 2. The van der Waals surface area contributed by atoms with Gasteiger partial charge in [-0.25, -0.2) is 0 Å². The van der Waals surface area contributed by atoms with Crippen molar-refractivity contribution in [3.8, 4) is 28.5 Å². The van der Waals surface area contributed by atoms with E-state index in [1.807, 2.05) is 0 Å². The van der Waals surface area contributed by atoms with Crippen LogP contribution in [-0.4, -0.2) is 44.1 Å². The predicted octanol–water partition coefficient (Wildman–Crippen LogP) is 3.82. The number of amides is 1. The highest BCUT2D eigenvalue weighted by molar-refractivity contribution is 6.32. The summed E-state index contributed by atoms with van der Waals surface area (Å²) >= 11 is 5.95. The number of alkyl halides is 3. The highest BCUT2D eigenvalue weighted by Crippen LogP contribution is 2.39. The molecule has 12 heteroatoms. The molecular formula is C20H16ClF3N4O4. The summed E-state index contributed by atoms with van der Waals surface area (Å²) < 4.78 is 41.7. The summed E-state index contributed by atoms with van der Waals surface area (Å²) in [4.78, 5) is 14.4. The molecule has 32 heavy (non-hydrogen) atoms. The van der Waals surface area contributed by atoms with Gasteiger partial charge in [0.2, 0.25) is 0 Å². The summed E-state index contributed by atoms with van der Waals surface area (Å²) in [5.74, 6) is -1.73. The lowest BCUT2D eigenvalue weighted by molar-refractivity contribution is -0.274. The van der Waals surface area contributed by atoms with E-state index in [9.17, 15) is 28.2 Å². The maximum atomic E-state index is 13.0. The first-order chi connectivity index (χ1) is 15.0. The van der Waals surface area contributed by atoms with Gasteiger partial charge >= 0.3 is 6.36 Å². The third kappa shape index (κ3) is 4.11. The number of carbonyl (C=O) groups excluding carboxylic acids is 1. The summed E-state index contributed by atoms with van der Waals surface area (Å²) in [5.41, 5.74) is 7.21. The molecule has 5 N–H and O–H groups in total. The van der Waals surface area contributed by atoms with Crippen LogP contribution < -0.4 is 10.5 Å². The van der Waals surface area contributed by atoms with Crippen LogP contribution in [0.1, 0.15) is 21.6 Å². The molecule has 0 fully saturated rings. The van der Waals surface area contributed by atoms with Crippen LogP contribution in [0.15, 0.2) is 30.3 Å². The Morgan fingerprint density at radius 1 is 1.22 bits per heavy atom. The van der Waals surface area contributed by atoms with E-state index >= 15 is 0 Å². The number of ether oxygens (including phenoxy) is 1. The molecule has 0 atom stereocenters. The Bertz CT molecular complexity index is 1210. The van der Waals surface area contributed by atoms with E-state index in [4.69, 9.17) is 17.3 Å². The van der Waals surface area contributed by atoms with E-state index in [0.717, 1.165) is 17.8 Å². The molecule has 0 spiro atoms. The van der Waals surface area contributed by atoms with Crippen LogP contribution in [0, 0.1) is 0 Å². The van der Waals surface area contributed by atoms with Crippen molar-refractivity contribution in [1.82, 2.24) is 15.1 Å². The standard InChI is InChI=1S/C20H16ClF3N4O4/c21-12-6-10(15(29)7-16(12)30)18-11-8-28(4-3-14(11)26-27-18)19(31)9-1-2-13(25)17(5-9)32-20(22,23)24/h1-2,5-7,29-30H,3-4,8,25H2,(H,26,27). The van der Waals surface area contributed by atoms with Crippen LogP contribution in [0.2, 0.25) is 5.02 Å². The number of carbonyl (C=O) groups is 1. The molecule has 168 valence electrons. The van der Waals surface area contributed by atoms with E-state index in [-0.39, 0.29) is 46.4 Å². The number of aromatic hydroxyl groups is 2. The van der Waals surface area contributed by atoms with Crippen LogP contribution in [-0.2, 0) is 13.0 Å². The number of H-pyrrole nitrogens is 1. The molecule has 2 aromatic carbocycles. The number of nitrogens with two attached hydrogens (primary N) is 1. The Labute approximate surface area is 184 Å². The molecule has 0 aliphatic carbocycles. The van der Waals surface area contributed by atoms with Gasteiger partial charge in [0.05, 0.1) is 10.7 Å². The van der Waals surface area contributed by atoms with Crippen molar-refractivity contribution in [3.63, 3.8) is 0 Å². The topological polar surface area (TPSA) is 125 Å². The molecule has 1 aromatic heterocycles. The lowest BCUT2D eigenvalue weighted by Crippen LogP contribution is -2.36. The smallest absolute Gasteiger partial charge is 0.507 e. The van der Waals surface area contributed by atoms with E-state index < -0.39 is 18.0 Å². The molecule has 1 aliphatic rings. The molecular weight excluding hydrogens is 453 g/mol. The van der Waals surface area contributed by atoms with Crippen molar-refractivity contribution in [2.45, 2.75) is 19.3 Å². The van der Waals surface area contributed by atoms with Crippen molar-refractivity contribution < 1.29 is 32.9 Å².